The average molecular weight is 692 g/mol. The van der Waals surface area contributed by atoms with Crippen LogP contribution < -0.4 is 10.9 Å². The van der Waals surface area contributed by atoms with Gasteiger partial charge in [0.1, 0.15) is 11.9 Å². The Morgan fingerprint density at radius 1 is 1.02 bits per heavy atom. The van der Waals surface area contributed by atoms with Gasteiger partial charge in [0.05, 0.1) is 18.0 Å². The van der Waals surface area contributed by atoms with Gasteiger partial charge in [-0.05, 0) is 133 Å². The van der Waals surface area contributed by atoms with Crippen molar-refractivity contribution in [1.29, 1.82) is 0 Å². The lowest BCUT2D eigenvalue weighted by Crippen LogP contribution is -2.40. The van der Waals surface area contributed by atoms with E-state index in [1.165, 1.54) is 12.1 Å². The molecule has 2 N–H and O–H groups in total. The Labute approximate surface area is 288 Å². The number of carbonyl (C=O) groups is 2. The van der Waals surface area contributed by atoms with Gasteiger partial charge in [-0.2, -0.15) is 13.2 Å². The SMILES string of the molecule is Cc1cc(F)cc(C)c1-c1cc([C@@H](CC(=O)O)NC(=O)[C@@H](CC(C)C)n2cc(CCc3ccccn3)c(C(F)(F)F)cc2=O)cc2c1CCC2. The lowest BCUT2D eigenvalue weighted by atomic mass is 9.87. The Bertz CT molecular complexity index is 1930. The molecule has 2 atom stereocenters. The molecule has 5 rings (SSSR count). The molecule has 4 aromatic rings. The number of hydrogen-bond donors (Lipinski definition) is 2. The number of carboxylic acid groups (broad SMARTS) is 1. The second-order valence-corrected chi connectivity index (χ2v) is 13.6. The van der Waals surface area contributed by atoms with Crippen LogP contribution in [-0.2, 0) is 41.4 Å². The number of nitrogens with one attached hydrogen (secondary N) is 1. The summed E-state index contributed by atoms with van der Waals surface area (Å²) in [5, 5.41) is 12.8. The van der Waals surface area contributed by atoms with Crippen molar-refractivity contribution in [2.45, 2.75) is 90.9 Å². The highest BCUT2D eigenvalue weighted by Gasteiger charge is 2.36. The van der Waals surface area contributed by atoms with Gasteiger partial charge in [0, 0.05) is 24.2 Å². The van der Waals surface area contributed by atoms with E-state index in [1.54, 1.807) is 24.4 Å². The first kappa shape index (κ1) is 36.5. The third-order valence-electron chi connectivity index (χ3n) is 9.28. The number of nitrogens with zero attached hydrogens (tertiary/aromatic N) is 2. The number of aromatic nitrogens is 2. The minimum atomic E-state index is -4.80. The molecular weight excluding hydrogens is 650 g/mol. The number of hydrogen-bond acceptors (Lipinski definition) is 4. The van der Waals surface area contributed by atoms with Crippen LogP contribution in [0.5, 0.6) is 0 Å². The van der Waals surface area contributed by atoms with Crippen molar-refractivity contribution >= 4 is 11.9 Å². The van der Waals surface area contributed by atoms with Crippen molar-refractivity contribution in [3.05, 3.63) is 122 Å². The molecular formula is C39H41F4N3O4. The molecule has 0 fully saturated rings. The minimum Gasteiger partial charge on any atom is -0.481 e. The summed E-state index contributed by atoms with van der Waals surface area (Å²) >= 11 is 0. The highest BCUT2D eigenvalue weighted by Crippen LogP contribution is 2.39. The average Bonchev–Trinajstić information content (AvgIpc) is 3.51. The summed E-state index contributed by atoms with van der Waals surface area (Å²) in [5.74, 6) is -2.36. The predicted octanol–water partition coefficient (Wildman–Crippen LogP) is 7.88. The highest BCUT2D eigenvalue weighted by molar-refractivity contribution is 5.82. The molecule has 2 aromatic carbocycles. The second kappa shape index (κ2) is 15.0. The molecule has 0 bridgehead atoms. The number of amides is 1. The van der Waals surface area contributed by atoms with Gasteiger partial charge in [0.2, 0.25) is 5.91 Å². The van der Waals surface area contributed by atoms with E-state index < -0.39 is 47.7 Å². The Balaban J connectivity index is 1.56. The number of alkyl halides is 3. The maximum absolute atomic E-state index is 14.3. The van der Waals surface area contributed by atoms with Gasteiger partial charge in [0.25, 0.3) is 5.56 Å². The fraction of sp³-hybridized carbons (Fsp3) is 0.385. The largest absolute Gasteiger partial charge is 0.481 e. The molecule has 11 heteroatoms. The Morgan fingerprint density at radius 2 is 1.74 bits per heavy atom. The molecule has 2 heterocycles. The molecule has 0 saturated carbocycles. The second-order valence-electron chi connectivity index (χ2n) is 13.6. The smallest absolute Gasteiger partial charge is 0.416 e. The van der Waals surface area contributed by atoms with E-state index in [2.05, 4.69) is 10.3 Å². The van der Waals surface area contributed by atoms with Crippen molar-refractivity contribution in [2.75, 3.05) is 0 Å². The quantitative estimate of drug-likeness (QED) is 0.147. The Hall–Kier alpha value is -4.80. The van der Waals surface area contributed by atoms with Gasteiger partial charge in [0.15, 0.2) is 0 Å². The normalized spacial score (nSPS) is 14.0. The molecule has 2 aromatic heterocycles. The molecule has 0 aliphatic heterocycles. The summed E-state index contributed by atoms with van der Waals surface area (Å²) in [5.41, 5.74) is 4.17. The number of benzene rings is 2. The molecule has 1 aliphatic carbocycles. The van der Waals surface area contributed by atoms with Crippen LogP contribution in [0, 0.1) is 25.6 Å². The number of fused-ring (bicyclic) bond motifs is 1. The molecule has 1 aliphatic rings. The van der Waals surface area contributed by atoms with Crippen LogP contribution in [-0.4, -0.2) is 26.5 Å². The first-order chi connectivity index (χ1) is 23.6. The van der Waals surface area contributed by atoms with Crippen LogP contribution in [0.1, 0.15) is 89.8 Å². The van der Waals surface area contributed by atoms with Gasteiger partial charge >= 0.3 is 12.1 Å². The molecule has 264 valence electrons. The van der Waals surface area contributed by atoms with E-state index in [1.807, 2.05) is 39.8 Å². The van der Waals surface area contributed by atoms with Gasteiger partial charge < -0.3 is 15.0 Å². The first-order valence-corrected chi connectivity index (χ1v) is 16.8. The van der Waals surface area contributed by atoms with Crippen molar-refractivity contribution in [3.8, 4) is 11.1 Å². The fourth-order valence-corrected chi connectivity index (χ4v) is 7.09. The third-order valence-corrected chi connectivity index (χ3v) is 9.28. The van der Waals surface area contributed by atoms with Crippen LogP contribution in [0.3, 0.4) is 0 Å². The summed E-state index contributed by atoms with van der Waals surface area (Å²) in [7, 11) is 0. The van der Waals surface area contributed by atoms with Gasteiger partial charge in [-0.1, -0.05) is 26.0 Å². The highest BCUT2D eigenvalue weighted by atomic mass is 19.4. The predicted molar refractivity (Wildman–Crippen MR) is 182 cm³/mol. The molecule has 1 amide bonds. The van der Waals surface area contributed by atoms with Crippen molar-refractivity contribution < 1.29 is 32.3 Å². The number of carboxylic acids is 1. The standard InChI is InChI=1S/C39H41F4N3O4/c1-22(2)14-34(46-21-26(11-12-29-9-5-6-13-44-29)32(19-35(46)47)39(41,42)43)38(50)45-33(20-36(48)49)27-17-25-8-7-10-30(25)31(18-27)37-23(3)15-28(40)16-24(37)4/h5-6,9,13,15-19,21-22,33-34H,7-8,10-12,14,20H2,1-4H3,(H,45,50)(H,48,49)/t33-,34-/m1/s1. The number of carbonyl (C=O) groups excluding carboxylic acids is 1. The van der Waals surface area contributed by atoms with Crippen molar-refractivity contribution in [3.63, 3.8) is 0 Å². The van der Waals surface area contributed by atoms with Crippen LogP contribution in [0.2, 0.25) is 0 Å². The summed E-state index contributed by atoms with van der Waals surface area (Å²) < 4.78 is 57.7. The zero-order valence-electron chi connectivity index (χ0n) is 28.5. The van der Waals surface area contributed by atoms with E-state index in [4.69, 9.17) is 0 Å². The summed E-state index contributed by atoms with van der Waals surface area (Å²) in [6.07, 6.45) is 0.0282. The van der Waals surface area contributed by atoms with E-state index >= 15 is 0 Å². The van der Waals surface area contributed by atoms with E-state index in [-0.39, 0.29) is 36.6 Å². The Morgan fingerprint density at radius 3 is 2.36 bits per heavy atom. The van der Waals surface area contributed by atoms with Crippen molar-refractivity contribution in [1.82, 2.24) is 14.9 Å². The minimum absolute atomic E-state index is 0.0794. The fourth-order valence-electron chi connectivity index (χ4n) is 7.09. The maximum Gasteiger partial charge on any atom is 0.416 e. The first-order valence-electron chi connectivity index (χ1n) is 16.8. The van der Waals surface area contributed by atoms with Gasteiger partial charge in [-0.25, -0.2) is 4.39 Å². The van der Waals surface area contributed by atoms with Crippen LogP contribution in [0.15, 0.2) is 65.7 Å². The van der Waals surface area contributed by atoms with Gasteiger partial charge in [-0.15, -0.1) is 0 Å². The lowest BCUT2D eigenvalue weighted by Gasteiger charge is -2.27. The topological polar surface area (TPSA) is 101 Å². The van der Waals surface area contributed by atoms with Crippen molar-refractivity contribution in [2.24, 2.45) is 5.92 Å². The lowest BCUT2D eigenvalue weighted by molar-refractivity contribution is -0.139. The van der Waals surface area contributed by atoms with Crippen LogP contribution in [0.25, 0.3) is 11.1 Å². The summed E-state index contributed by atoms with van der Waals surface area (Å²) in [4.78, 5) is 43.9. The molecule has 0 radical (unpaired) electrons. The summed E-state index contributed by atoms with van der Waals surface area (Å²) in [6.45, 7) is 7.29. The van der Waals surface area contributed by atoms with E-state index in [0.29, 0.717) is 17.3 Å². The number of rotatable bonds is 12. The number of pyridine rings is 2. The number of aliphatic carboxylic acids is 1. The van der Waals surface area contributed by atoms with E-state index in [9.17, 15) is 37.1 Å². The third kappa shape index (κ3) is 8.31. The number of aryl methyl sites for hydroxylation is 5. The van der Waals surface area contributed by atoms with Crippen LogP contribution >= 0.6 is 0 Å². The number of halogens is 4. The Kier molecular flexibility index (Phi) is 10.9. The molecule has 0 unspecified atom stereocenters. The monoisotopic (exact) mass is 691 g/mol. The van der Waals surface area contributed by atoms with Gasteiger partial charge in [-0.3, -0.25) is 19.4 Å². The molecule has 7 nitrogen and oxygen atoms in total. The van der Waals surface area contributed by atoms with E-state index in [0.717, 1.165) is 63.4 Å². The molecule has 50 heavy (non-hydrogen) atoms. The zero-order chi connectivity index (χ0) is 36.3. The maximum atomic E-state index is 14.3. The molecule has 0 saturated heterocycles. The molecule has 0 spiro atoms. The van der Waals surface area contributed by atoms with Crippen LogP contribution in [0.4, 0.5) is 17.6 Å². The summed E-state index contributed by atoms with van der Waals surface area (Å²) in [6, 6.07) is 10.1. The zero-order valence-corrected chi connectivity index (χ0v) is 28.5.